The molecule has 5 nitrogen and oxygen atoms in total. The highest BCUT2D eigenvalue weighted by Gasteiger charge is 2.18. The SMILES string of the molecule is COc1ccc(C(=O)Nc2c(-c3ccccc3C)nc3cc(C)ccn23)cc1. The fourth-order valence-corrected chi connectivity index (χ4v) is 3.21. The van der Waals surface area contributed by atoms with Gasteiger partial charge in [-0.1, -0.05) is 24.3 Å². The van der Waals surface area contributed by atoms with Crippen LogP contribution in [0, 0.1) is 13.8 Å². The number of benzene rings is 2. The lowest BCUT2D eigenvalue weighted by Crippen LogP contribution is -2.14. The first-order chi connectivity index (χ1) is 13.6. The Morgan fingerprint density at radius 2 is 1.79 bits per heavy atom. The molecule has 2 heterocycles. The molecule has 0 spiro atoms. The average molecular weight is 371 g/mol. The first kappa shape index (κ1) is 17.8. The molecule has 4 rings (SSSR count). The number of fused-ring (bicyclic) bond motifs is 1. The van der Waals surface area contributed by atoms with Gasteiger partial charge >= 0.3 is 0 Å². The number of ether oxygens (including phenoxy) is 1. The summed E-state index contributed by atoms with van der Waals surface area (Å²) in [5, 5.41) is 3.05. The van der Waals surface area contributed by atoms with Crippen LogP contribution in [0.15, 0.2) is 66.9 Å². The van der Waals surface area contributed by atoms with Gasteiger partial charge in [0.15, 0.2) is 0 Å². The molecule has 0 atom stereocenters. The number of nitrogens with zero attached hydrogens (tertiary/aromatic N) is 2. The van der Waals surface area contributed by atoms with Crippen molar-refractivity contribution in [1.82, 2.24) is 9.38 Å². The number of methoxy groups -OCH3 is 1. The highest BCUT2D eigenvalue weighted by atomic mass is 16.5. The van der Waals surface area contributed by atoms with Crippen molar-refractivity contribution >= 4 is 17.4 Å². The lowest BCUT2D eigenvalue weighted by molar-refractivity contribution is 0.102. The number of pyridine rings is 1. The molecule has 0 fully saturated rings. The van der Waals surface area contributed by atoms with Crippen LogP contribution in [0.1, 0.15) is 21.5 Å². The van der Waals surface area contributed by atoms with Crippen LogP contribution in [0.3, 0.4) is 0 Å². The largest absolute Gasteiger partial charge is 0.497 e. The van der Waals surface area contributed by atoms with Gasteiger partial charge in [-0.2, -0.15) is 0 Å². The molecule has 0 saturated carbocycles. The van der Waals surface area contributed by atoms with E-state index >= 15 is 0 Å². The molecule has 1 N–H and O–H groups in total. The van der Waals surface area contributed by atoms with Crippen LogP contribution in [0.5, 0.6) is 5.75 Å². The van der Waals surface area contributed by atoms with E-state index in [1.807, 2.05) is 60.8 Å². The molecular formula is C23H21N3O2. The van der Waals surface area contributed by atoms with Gasteiger partial charge in [-0.25, -0.2) is 4.98 Å². The number of carbonyl (C=O) groups excluding carboxylic acids is 1. The molecule has 2 aromatic carbocycles. The second-order valence-corrected chi connectivity index (χ2v) is 6.74. The summed E-state index contributed by atoms with van der Waals surface area (Å²) in [6, 6.07) is 19.1. The zero-order valence-corrected chi connectivity index (χ0v) is 16.1. The Hall–Kier alpha value is -3.60. The molecule has 2 aromatic heterocycles. The monoisotopic (exact) mass is 371 g/mol. The Kier molecular flexibility index (Phi) is 4.57. The zero-order valence-electron chi connectivity index (χ0n) is 16.1. The summed E-state index contributed by atoms with van der Waals surface area (Å²) < 4.78 is 7.08. The second kappa shape index (κ2) is 7.19. The van der Waals surface area contributed by atoms with Crippen LogP contribution in [0.25, 0.3) is 16.9 Å². The number of amides is 1. The first-order valence-electron chi connectivity index (χ1n) is 9.07. The third-order valence-corrected chi connectivity index (χ3v) is 4.77. The van der Waals surface area contributed by atoms with Gasteiger partial charge in [0, 0.05) is 17.3 Å². The molecule has 4 aromatic rings. The van der Waals surface area contributed by atoms with Crippen LogP contribution in [-0.4, -0.2) is 22.4 Å². The van der Waals surface area contributed by atoms with Gasteiger partial charge in [0.25, 0.3) is 5.91 Å². The van der Waals surface area contributed by atoms with Gasteiger partial charge in [0.2, 0.25) is 0 Å². The maximum absolute atomic E-state index is 12.9. The molecule has 0 aliphatic carbocycles. The van der Waals surface area contributed by atoms with E-state index in [2.05, 4.69) is 5.32 Å². The van der Waals surface area contributed by atoms with Crippen molar-refractivity contribution in [3.8, 4) is 17.0 Å². The maximum Gasteiger partial charge on any atom is 0.256 e. The Labute approximate surface area is 163 Å². The zero-order chi connectivity index (χ0) is 19.7. The predicted octanol–water partition coefficient (Wildman–Crippen LogP) is 4.88. The first-order valence-corrected chi connectivity index (χ1v) is 9.07. The van der Waals surface area contributed by atoms with E-state index in [0.29, 0.717) is 17.1 Å². The van der Waals surface area contributed by atoms with E-state index in [1.54, 1.807) is 31.4 Å². The van der Waals surface area contributed by atoms with E-state index in [-0.39, 0.29) is 5.91 Å². The van der Waals surface area contributed by atoms with Gasteiger partial charge in [0.1, 0.15) is 22.9 Å². The smallest absolute Gasteiger partial charge is 0.256 e. The number of nitrogens with one attached hydrogen (secondary N) is 1. The van der Waals surface area contributed by atoms with Crippen LogP contribution in [0.4, 0.5) is 5.82 Å². The number of imidazole rings is 1. The quantitative estimate of drug-likeness (QED) is 0.556. The summed E-state index contributed by atoms with van der Waals surface area (Å²) in [7, 11) is 1.60. The highest BCUT2D eigenvalue weighted by Crippen LogP contribution is 2.31. The van der Waals surface area contributed by atoms with Gasteiger partial charge in [0.05, 0.1) is 7.11 Å². The molecule has 0 aliphatic heterocycles. The van der Waals surface area contributed by atoms with E-state index in [0.717, 1.165) is 28.0 Å². The normalized spacial score (nSPS) is 10.8. The Bertz CT molecular complexity index is 1160. The van der Waals surface area contributed by atoms with Crippen LogP contribution in [0.2, 0.25) is 0 Å². The van der Waals surface area contributed by atoms with Gasteiger partial charge in [-0.05, 0) is 61.4 Å². The fraction of sp³-hybridized carbons (Fsp3) is 0.130. The second-order valence-electron chi connectivity index (χ2n) is 6.74. The number of aromatic nitrogens is 2. The van der Waals surface area contributed by atoms with Crippen LogP contribution >= 0.6 is 0 Å². The number of hydrogen-bond donors (Lipinski definition) is 1. The molecule has 0 aliphatic rings. The van der Waals surface area contributed by atoms with Gasteiger partial charge < -0.3 is 10.1 Å². The minimum absolute atomic E-state index is 0.195. The maximum atomic E-state index is 12.9. The van der Waals surface area contributed by atoms with Gasteiger partial charge in [-0.15, -0.1) is 0 Å². The van der Waals surface area contributed by atoms with Crippen molar-refractivity contribution in [1.29, 1.82) is 0 Å². The summed E-state index contributed by atoms with van der Waals surface area (Å²) in [4.78, 5) is 17.7. The summed E-state index contributed by atoms with van der Waals surface area (Å²) in [6.07, 6.45) is 1.93. The number of aryl methyl sites for hydroxylation is 2. The molecule has 28 heavy (non-hydrogen) atoms. The third kappa shape index (κ3) is 3.22. The summed E-state index contributed by atoms with van der Waals surface area (Å²) in [5.41, 5.74) is 5.31. The van der Waals surface area contributed by atoms with Crippen molar-refractivity contribution in [2.45, 2.75) is 13.8 Å². The van der Waals surface area contributed by atoms with Crippen molar-refractivity contribution in [2.75, 3.05) is 12.4 Å². The minimum atomic E-state index is -0.195. The molecule has 0 saturated heterocycles. The van der Waals surface area contributed by atoms with Crippen molar-refractivity contribution in [3.05, 3.63) is 83.6 Å². The fourth-order valence-electron chi connectivity index (χ4n) is 3.21. The molecule has 0 radical (unpaired) electrons. The number of anilines is 1. The number of hydrogen-bond acceptors (Lipinski definition) is 3. The minimum Gasteiger partial charge on any atom is -0.497 e. The lowest BCUT2D eigenvalue weighted by Gasteiger charge is -2.10. The molecule has 0 bridgehead atoms. The average Bonchev–Trinajstić information content (AvgIpc) is 3.05. The number of carbonyl (C=O) groups is 1. The van der Waals surface area contributed by atoms with Crippen molar-refractivity contribution in [2.24, 2.45) is 0 Å². The molecular weight excluding hydrogens is 350 g/mol. The van der Waals surface area contributed by atoms with Crippen molar-refractivity contribution < 1.29 is 9.53 Å². The summed E-state index contributed by atoms with van der Waals surface area (Å²) >= 11 is 0. The van der Waals surface area contributed by atoms with E-state index in [4.69, 9.17) is 9.72 Å². The Morgan fingerprint density at radius 1 is 1.04 bits per heavy atom. The molecule has 1 amide bonds. The van der Waals surface area contributed by atoms with Gasteiger partial charge in [-0.3, -0.25) is 9.20 Å². The third-order valence-electron chi connectivity index (χ3n) is 4.77. The van der Waals surface area contributed by atoms with E-state index in [1.165, 1.54) is 0 Å². The molecule has 0 unspecified atom stereocenters. The highest BCUT2D eigenvalue weighted by molar-refractivity contribution is 6.06. The Balaban J connectivity index is 1.81. The number of rotatable bonds is 4. The standard InChI is InChI=1S/C23H21N3O2/c1-15-12-13-26-20(14-15)24-21(19-7-5-4-6-16(19)2)22(26)25-23(27)17-8-10-18(28-3)11-9-17/h4-14H,1-3H3,(H,25,27). The van der Waals surface area contributed by atoms with Crippen LogP contribution in [-0.2, 0) is 0 Å². The topological polar surface area (TPSA) is 55.6 Å². The summed E-state index contributed by atoms with van der Waals surface area (Å²) in [5.74, 6) is 1.17. The molecule has 140 valence electrons. The summed E-state index contributed by atoms with van der Waals surface area (Å²) in [6.45, 7) is 4.07. The van der Waals surface area contributed by atoms with E-state index in [9.17, 15) is 4.79 Å². The Morgan fingerprint density at radius 3 is 2.50 bits per heavy atom. The predicted molar refractivity (Wildman–Crippen MR) is 111 cm³/mol. The van der Waals surface area contributed by atoms with Crippen molar-refractivity contribution in [3.63, 3.8) is 0 Å². The lowest BCUT2D eigenvalue weighted by atomic mass is 10.1. The van der Waals surface area contributed by atoms with Crippen LogP contribution < -0.4 is 10.1 Å². The molecule has 5 heteroatoms. The van der Waals surface area contributed by atoms with E-state index < -0.39 is 0 Å².